The molecule has 1 amide bonds. The van der Waals surface area contributed by atoms with Gasteiger partial charge in [0, 0.05) is 12.2 Å². The van der Waals surface area contributed by atoms with Crippen LogP contribution in [0.5, 0.6) is 0 Å². The molecular weight excluding hydrogens is 280 g/mol. The molecule has 0 unspecified atom stereocenters. The lowest BCUT2D eigenvalue weighted by Gasteiger charge is -2.16. The topological polar surface area (TPSA) is 68.4 Å². The van der Waals surface area contributed by atoms with Gasteiger partial charge in [-0.3, -0.25) is 14.0 Å². The molecule has 1 saturated carbocycles. The van der Waals surface area contributed by atoms with Gasteiger partial charge in [-0.25, -0.2) is 4.68 Å². The van der Waals surface area contributed by atoms with E-state index in [1.165, 1.54) is 30.4 Å². The Hall–Kier alpha value is -2.11. The molecule has 2 heterocycles. The molecule has 1 fully saturated rings. The first-order chi connectivity index (χ1) is 10.6. The van der Waals surface area contributed by atoms with Gasteiger partial charge >= 0.3 is 0 Å². The van der Waals surface area contributed by atoms with E-state index < -0.39 is 0 Å². The molecule has 0 aliphatic heterocycles. The smallest absolute Gasteiger partial charge is 0.291 e. The van der Waals surface area contributed by atoms with Gasteiger partial charge in [0.2, 0.25) is 5.91 Å². The van der Waals surface area contributed by atoms with Crippen LogP contribution in [0.2, 0.25) is 0 Å². The van der Waals surface area contributed by atoms with Crippen molar-refractivity contribution in [3.63, 3.8) is 0 Å². The van der Waals surface area contributed by atoms with Crippen LogP contribution in [0.4, 0.5) is 0 Å². The third kappa shape index (κ3) is 3.05. The summed E-state index contributed by atoms with van der Waals surface area (Å²) >= 11 is 0. The normalized spacial score (nSPS) is 16.6. The molecule has 22 heavy (non-hydrogen) atoms. The van der Waals surface area contributed by atoms with Gasteiger partial charge < -0.3 is 5.32 Å². The molecule has 0 spiro atoms. The summed E-state index contributed by atoms with van der Waals surface area (Å²) in [5.74, 6) is 0.568. The molecule has 3 rings (SSSR count). The summed E-state index contributed by atoms with van der Waals surface area (Å²) in [5.41, 5.74) is 0.321. The highest BCUT2D eigenvalue weighted by Gasteiger charge is 2.16. The van der Waals surface area contributed by atoms with Crippen LogP contribution in [-0.4, -0.2) is 26.1 Å². The minimum absolute atomic E-state index is 0.0160. The molecule has 2 aromatic heterocycles. The van der Waals surface area contributed by atoms with Crippen molar-refractivity contribution >= 4 is 11.4 Å². The third-order valence-electron chi connectivity index (χ3n) is 4.33. The third-order valence-corrected chi connectivity index (χ3v) is 4.33. The summed E-state index contributed by atoms with van der Waals surface area (Å²) in [5, 5.41) is 7.28. The molecule has 0 radical (unpaired) electrons. The van der Waals surface area contributed by atoms with Crippen molar-refractivity contribution in [1.82, 2.24) is 19.5 Å². The number of aromatic nitrogens is 3. The fraction of sp³-hybridized carbons (Fsp3) is 0.562. The SMILES string of the molecule is Cc1nn(CC(=O)NC2CCCCCC2)c(=O)c2cccn12. The van der Waals surface area contributed by atoms with E-state index >= 15 is 0 Å². The van der Waals surface area contributed by atoms with E-state index in [2.05, 4.69) is 10.4 Å². The minimum Gasteiger partial charge on any atom is -0.352 e. The number of hydrogen-bond acceptors (Lipinski definition) is 3. The van der Waals surface area contributed by atoms with E-state index in [-0.39, 0.29) is 24.1 Å². The summed E-state index contributed by atoms with van der Waals surface area (Å²) < 4.78 is 3.00. The Morgan fingerprint density at radius 1 is 1.32 bits per heavy atom. The molecule has 0 aromatic carbocycles. The quantitative estimate of drug-likeness (QED) is 0.876. The Labute approximate surface area is 129 Å². The van der Waals surface area contributed by atoms with Crippen LogP contribution in [-0.2, 0) is 11.3 Å². The van der Waals surface area contributed by atoms with E-state index in [1.54, 1.807) is 22.7 Å². The van der Waals surface area contributed by atoms with E-state index in [4.69, 9.17) is 0 Å². The second-order valence-electron chi connectivity index (χ2n) is 6.03. The number of fused-ring (bicyclic) bond motifs is 1. The predicted molar refractivity (Wildman–Crippen MR) is 83.8 cm³/mol. The molecule has 6 nitrogen and oxygen atoms in total. The maximum atomic E-state index is 12.3. The average molecular weight is 302 g/mol. The second-order valence-corrected chi connectivity index (χ2v) is 6.03. The summed E-state index contributed by atoms with van der Waals surface area (Å²) in [6.45, 7) is 1.81. The summed E-state index contributed by atoms with van der Waals surface area (Å²) in [6.07, 6.45) is 8.69. The van der Waals surface area contributed by atoms with Crippen molar-refractivity contribution in [3.8, 4) is 0 Å². The van der Waals surface area contributed by atoms with Gasteiger partial charge in [0.05, 0.1) is 0 Å². The van der Waals surface area contributed by atoms with Crippen molar-refractivity contribution in [2.24, 2.45) is 0 Å². The van der Waals surface area contributed by atoms with Gasteiger partial charge in [-0.15, -0.1) is 0 Å². The maximum Gasteiger partial charge on any atom is 0.291 e. The molecule has 1 aliphatic rings. The summed E-state index contributed by atoms with van der Waals surface area (Å²) in [6, 6.07) is 3.79. The number of rotatable bonds is 3. The number of carbonyl (C=O) groups is 1. The molecular formula is C16H22N4O2. The van der Waals surface area contributed by atoms with Crippen LogP contribution in [0.25, 0.3) is 5.52 Å². The lowest BCUT2D eigenvalue weighted by atomic mass is 10.1. The van der Waals surface area contributed by atoms with E-state index in [0.717, 1.165) is 12.8 Å². The van der Waals surface area contributed by atoms with Crippen LogP contribution in [0.1, 0.15) is 44.3 Å². The molecule has 2 aromatic rings. The van der Waals surface area contributed by atoms with E-state index in [0.29, 0.717) is 11.3 Å². The van der Waals surface area contributed by atoms with Gasteiger partial charge in [0.25, 0.3) is 5.56 Å². The highest BCUT2D eigenvalue weighted by molar-refractivity contribution is 5.76. The summed E-state index contributed by atoms with van der Waals surface area (Å²) in [7, 11) is 0. The maximum absolute atomic E-state index is 12.3. The van der Waals surface area contributed by atoms with Gasteiger partial charge in [-0.05, 0) is 31.9 Å². The van der Waals surface area contributed by atoms with Crippen molar-refractivity contribution in [1.29, 1.82) is 0 Å². The Morgan fingerprint density at radius 2 is 2.05 bits per heavy atom. The average Bonchev–Trinajstić information content (AvgIpc) is 2.85. The van der Waals surface area contributed by atoms with Crippen LogP contribution in [0.15, 0.2) is 23.1 Å². The lowest BCUT2D eigenvalue weighted by molar-refractivity contribution is -0.122. The van der Waals surface area contributed by atoms with Gasteiger partial charge in [0.1, 0.15) is 17.9 Å². The van der Waals surface area contributed by atoms with Crippen molar-refractivity contribution in [3.05, 3.63) is 34.5 Å². The van der Waals surface area contributed by atoms with Crippen LogP contribution >= 0.6 is 0 Å². The van der Waals surface area contributed by atoms with Crippen LogP contribution < -0.4 is 10.9 Å². The Kier molecular flexibility index (Phi) is 4.27. The van der Waals surface area contributed by atoms with Crippen molar-refractivity contribution < 1.29 is 4.79 Å². The Bertz CT molecular complexity index is 723. The Balaban J connectivity index is 1.73. The lowest BCUT2D eigenvalue weighted by Crippen LogP contribution is -2.39. The van der Waals surface area contributed by atoms with Gasteiger partial charge in [0.15, 0.2) is 0 Å². The molecule has 0 atom stereocenters. The standard InChI is InChI=1S/C16H22N4O2/c1-12-18-20(16(22)14-9-6-10-19(12)14)11-15(21)17-13-7-4-2-3-5-8-13/h6,9-10,13H,2-5,7-8,11H2,1H3,(H,17,21). The molecule has 0 bridgehead atoms. The van der Waals surface area contributed by atoms with Gasteiger partial charge in [-0.1, -0.05) is 25.7 Å². The highest BCUT2D eigenvalue weighted by atomic mass is 16.2. The Morgan fingerprint density at radius 3 is 2.77 bits per heavy atom. The number of nitrogens with one attached hydrogen (secondary N) is 1. The van der Waals surface area contributed by atoms with E-state index in [9.17, 15) is 9.59 Å². The number of aryl methyl sites for hydroxylation is 1. The largest absolute Gasteiger partial charge is 0.352 e. The van der Waals surface area contributed by atoms with E-state index in [1.807, 2.05) is 6.92 Å². The fourth-order valence-electron chi connectivity index (χ4n) is 3.18. The second kappa shape index (κ2) is 6.34. The number of amides is 1. The van der Waals surface area contributed by atoms with Crippen LogP contribution in [0.3, 0.4) is 0 Å². The first-order valence-electron chi connectivity index (χ1n) is 7.99. The molecule has 1 N–H and O–H groups in total. The first-order valence-corrected chi connectivity index (χ1v) is 7.99. The summed E-state index contributed by atoms with van der Waals surface area (Å²) in [4.78, 5) is 24.5. The van der Waals surface area contributed by atoms with Gasteiger partial charge in [-0.2, -0.15) is 5.10 Å². The number of nitrogens with zero attached hydrogens (tertiary/aromatic N) is 3. The minimum atomic E-state index is -0.230. The molecule has 6 heteroatoms. The molecule has 118 valence electrons. The number of carbonyl (C=O) groups excluding carboxylic acids is 1. The molecule has 0 saturated heterocycles. The molecule has 1 aliphatic carbocycles. The van der Waals surface area contributed by atoms with Crippen molar-refractivity contribution in [2.45, 2.75) is 58.0 Å². The highest BCUT2D eigenvalue weighted by Crippen LogP contribution is 2.17. The first kappa shape index (κ1) is 14.8. The predicted octanol–water partition coefficient (Wildman–Crippen LogP) is 1.64. The van der Waals surface area contributed by atoms with Crippen LogP contribution in [0, 0.1) is 6.92 Å². The zero-order valence-corrected chi connectivity index (χ0v) is 12.9. The number of hydrogen-bond donors (Lipinski definition) is 1. The van der Waals surface area contributed by atoms with Crippen molar-refractivity contribution in [2.75, 3.05) is 0 Å². The zero-order valence-electron chi connectivity index (χ0n) is 12.9. The fourth-order valence-corrected chi connectivity index (χ4v) is 3.18. The monoisotopic (exact) mass is 302 g/mol. The zero-order chi connectivity index (χ0) is 15.5.